The van der Waals surface area contributed by atoms with Gasteiger partial charge in [0.1, 0.15) is 10.8 Å². The number of nitrogens with zero attached hydrogens (tertiary/aromatic N) is 2. The number of pyridine rings is 1. The maximum atomic E-state index is 13.6. The van der Waals surface area contributed by atoms with Crippen LogP contribution in [-0.4, -0.2) is 16.0 Å². The smallest absolute Gasteiger partial charge is 0.171 e. The summed E-state index contributed by atoms with van der Waals surface area (Å²) in [7, 11) is 0. The van der Waals surface area contributed by atoms with Crippen molar-refractivity contribution in [2.45, 2.75) is 9.92 Å². The highest BCUT2D eigenvalue weighted by Gasteiger charge is 2.13. The second kappa shape index (κ2) is 5.90. The Morgan fingerprint density at radius 1 is 1.37 bits per heavy atom. The molecule has 0 bridgehead atoms. The molecule has 0 spiro atoms. The van der Waals surface area contributed by atoms with Crippen LogP contribution in [-0.2, 0) is 0 Å². The van der Waals surface area contributed by atoms with Crippen LogP contribution in [0.15, 0.2) is 51.6 Å². The normalized spacial score (nSPS) is 11.6. The molecule has 0 radical (unpaired) electrons. The van der Waals surface area contributed by atoms with Crippen molar-refractivity contribution < 1.29 is 9.60 Å². The van der Waals surface area contributed by atoms with Crippen molar-refractivity contribution in [2.24, 2.45) is 10.9 Å². The third-order valence-electron chi connectivity index (χ3n) is 2.28. The van der Waals surface area contributed by atoms with E-state index in [0.29, 0.717) is 15.5 Å². The molecule has 0 aliphatic heterocycles. The minimum Gasteiger partial charge on any atom is -0.409 e. The quantitative estimate of drug-likeness (QED) is 0.395. The average molecular weight is 298 g/mol. The van der Waals surface area contributed by atoms with Gasteiger partial charge in [0.2, 0.25) is 0 Å². The Morgan fingerprint density at radius 3 is 2.79 bits per heavy atom. The second-order valence-corrected chi connectivity index (χ2v) is 4.90. The summed E-state index contributed by atoms with van der Waals surface area (Å²) in [4.78, 5) is 4.46. The molecule has 0 aliphatic carbocycles. The van der Waals surface area contributed by atoms with E-state index in [1.807, 2.05) is 0 Å². The third kappa shape index (κ3) is 2.97. The van der Waals surface area contributed by atoms with Crippen molar-refractivity contribution in [2.75, 3.05) is 0 Å². The Hall–Kier alpha value is -1.79. The molecule has 98 valence electrons. The number of halogens is 2. The average Bonchev–Trinajstić information content (AvgIpc) is 2.42. The molecule has 7 heteroatoms. The summed E-state index contributed by atoms with van der Waals surface area (Å²) < 4.78 is 13.6. The number of hydrogen-bond donors (Lipinski definition) is 2. The molecule has 1 aromatic carbocycles. The Balaban J connectivity index is 2.40. The summed E-state index contributed by atoms with van der Waals surface area (Å²) in [5.41, 5.74) is 5.84. The maximum Gasteiger partial charge on any atom is 0.171 e. The van der Waals surface area contributed by atoms with Gasteiger partial charge in [0.05, 0.1) is 5.02 Å². The largest absolute Gasteiger partial charge is 0.409 e. The zero-order valence-corrected chi connectivity index (χ0v) is 11.1. The van der Waals surface area contributed by atoms with E-state index < -0.39 is 0 Å². The van der Waals surface area contributed by atoms with E-state index >= 15 is 0 Å². The van der Waals surface area contributed by atoms with Gasteiger partial charge in [-0.25, -0.2) is 9.37 Å². The summed E-state index contributed by atoms with van der Waals surface area (Å²) >= 11 is 7.18. The van der Waals surface area contributed by atoms with E-state index in [0.717, 1.165) is 11.8 Å². The van der Waals surface area contributed by atoms with Crippen molar-refractivity contribution >= 4 is 29.2 Å². The SMILES string of the molecule is N/C(=N/O)c1ccnc(Sc2ccccc2F)c1Cl. The first kappa shape index (κ1) is 13.6. The molecular weight excluding hydrogens is 289 g/mol. The number of rotatable bonds is 3. The number of oxime groups is 1. The first-order chi connectivity index (χ1) is 9.13. The number of benzene rings is 1. The zero-order valence-electron chi connectivity index (χ0n) is 9.55. The lowest BCUT2D eigenvalue weighted by Crippen LogP contribution is -2.14. The molecular formula is C12H9ClFN3OS. The summed E-state index contributed by atoms with van der Waals surface area (Å²) in [6.07, 6.45) is 1.46. The molecule has 3 N–H and O–H groups in total. The van der Waals surface area contributed by atoms with E-state index in [4.69, 9.17) is 22.5 Å². The van der Waals surface area contributed by atoms with Crippen molar-refractivity contribution in [3.63, 3.8) is 0 Å². The van der Waals surface area contributed by atoms with Crippen LogP contribution in [0.5, 0.6) is 0 Å². The van der Waals surface area contributed by atoms with Crippen molar-refractivity contribution in [1.29, 1.82) is 0 Å². The van der Waals surface area contributed by atoms with Crippen LogP contribution < -0.4 is 5.73 Å². The van der Waals surface area contributed by atoms with Gasteiger partial charge < -0.3 is 10.9 Å². The maximum absolute atomic E-state index is 13.6. The van der Waals surface area contributed by atoms with Gasteiger partial charge in [-0.2, -0.15) is 0 Å². The Bertz CT molecular complexity index is 636. The van der Waals surface area contributed by atoms with E-state index in [1.165, 1.54) is 18.3 Å². The van der Waals surface area contributed by atoms with Gasteiger partial charge in [-0.1, -0.05) is 40.7 Å². The van der Waals surface area contributed by atoms with Crippen molar-refractivity contribution in [3.05, 3.63) is 52.9 Å². The molecule has 0 aliphatic rings. The minimum atomic E-state index is -0.362. The van der Waals surface area contributed by atoms with Crippen molar-refractivity contribution in [1.82, 2.24) is 4.98 Å². The van der Waals surface area contributed by atoms with Gasteiger partial charge >= 0.3 is 0 Å². The molecule has 0 atom stereocenters. The lowest BCUT2D eigenvalue weighted by atomic mass is 10.2. The highest BCUT2D eigenvalue weighted by molar-refractivity contribution is 7.99. The zero-order chi connectivity index (χ0) is 13.8. The van der Waals surface area contributed by atoms with Crippen LogP contribution in [0.4, 0.5) is 4.39 Å². The Labute approximate surface area is 118 Å². The molecule has 0 amide bonds. The molecule has 1 aromatic heterocycles. The monoisotopic (exact) mass is 297 g/mol. The fraction of sp³-hybridized carbons (Fsp3) is 0. The number of hydrogen-bond acceptors (Lipinski definition) is 4. The van der Waals surface area contributed by atoms with Crippen LogP contribution in [0.25, 0.3) is 0 Å². The lowest BCUT2D eigenvalue weighted by molar-refractivity contribution is 0.318. The standard InChI is InChI=1S/C12H9ClFN3OS/c13-10-7(11(15)17-18)5-6-16-12(10)19-9-4-2-1-3-8(9)14/h1-6,18H,(H2,15,17). The predicted octanol–water partition coefficient (Wildman–Crippen LogP) is 3.12. The second-order valence-electron chi connectivity index (χ2n) is 3.50. The molecule has 2 rings (SSSR count). The van der Waals surface area contributed by atoms with Crippen LogP contribution in [0.1, 0.15) is 5.56 Å². The summed E-state index contributed by atoms with van der Waals surface area (Å²) in [6.45, 7) is 0. The molecule has 4 nitrogen and oxygen atoms in total. The summed E-state index contributed by atoms with van der Waals surface area (Å²) in [5, 5.41) is 12.1. The lowest BCUT2D eigenvalue weighted by Gasteiger charge is -2.07. The Morgan fingerprint density at radius 2 is 2.11 bits per heavy atom. The fourth-order valence-corrected chi connectivity index (χ4v) is 2.54. The third-order valence-corrected chi connectivity index (χ3v) is 3.83. The van der Waals surface area contributed by atoms with Gasteiger partial charge in [-0.05, 0) is 18.2 Å². The first-order valence-corrected chi connectivity index (χ1v) is 6.37. The van der Waals surface area contributed by atoms with E-state index in [1.54, 1.807) is 18.2 Å². The molecule has 0 fully saturated rings. The number of aromatic nitrogens is 1. The van der Waals surface area contributed by atoms with Gasteiger partial charge in [0.15, 0.2) is 5.84 Å². The van der Waals surface area contributed by atoms with Crippen LogP contribution in [0, 0.1) is 5.82 Å². The van der Waals surface area contributed by atoms with Gasteiger partial charge in [0.25, 0.3) is 0 Å². The predicted molar refractivity (Wildman–Crippen MR) is 72.3 cm³/mol. The minimum absolute atomic E-state index is 0.122. The molecule has 0 saturated carbocycles. The van der Waals surface area contributed by atoms with Crippen LogP contribution in [0.2, 0.25) is 5.02 Å². The van der Waals surface area contributed by atoms with Crippen LogP contribution in [0.3, 0.4) is 0 Å². The highest BCUT2D eigenvalue weighted by atomic mass is 35.5. The Kier molecular flexibility index (Phi) is 4.24. The number of nitrogens with two attached hydrogens (primary N) is 1. The first-order valence-electron chi connectivity index (χ1n) is 5.18. The summed E-state index contributed by atoms with van der Waals surface area (Å²) in [5.74, 6) is -0.484. The molecule has 2 aromatic rings. The molecule has 19 heavy (non-hydrogen) atoms. The van der Waals surface area contributed by atoms with E-state index in [-0.39, 0.29) is 16.7 Å². The molecule has 1 heterocycles. The summed E-state index contributed by atoms with van der Waals surface area (Å²) in [6, 6.07) is 7.80. The van der Waals surface area contributed by atoms with Crippen LogP contribution >= 0.6 is 23.4 Å². The topological polar surface area (TPSA) is 71.5 Å². The number of amidine groups is 1. The highest BCUT2D eigenvalue weighted by Crippen LogP contribution is 2.34. The van der Waals surface area contributed by atoms with E-state index in [2.05, 4.69) is 10.1 Å². The van der Waals surface area contributed by atoms with Crippen molar-refractivity contribution in [3.8, 4) is 0 Å². The fourth-order valence-electron chi connectivity index (χ4n) is 1.38. The van der Waals surface area contributed by atoms with E-state index in [9.17, 15) is 4.39 Å². The van der Waals surface area contributed by atoms with Gasteiger partial charge in [-0.15, -0.1) is 0 Å². The van der Waals surface area contributed by atoms with Gasteiger partial charge in [-0.3, -0.25) is 0 Å². The molecule has 0 saturated heterocycles. The van der Waals surface area contributed by atoms with Gasteiger partial charge in [0, 0.05) is 16.7 Å². The molecule has 0 unspecified atom stereocenters.